The Hall–Kier alpha value is -1.14. The van der Waals surface area contributed by atoms with Crippen LogP contribution in [0, 0.1) is 5.41 Å². The largest absolute Gasteiger partial charge is 0.337 e. The van der Waals surface area contributed by atoms with Crippen molar-refractivity contribution in [3.63, 3.8) is 0 Å². The lowest BCUT2D eigenvalue weighted by molar-refractivity contribution is -0.131. The average Bonchev–Trinajstić information content (AvgIpc) is 2.74. The van der Waals surface area contributed by atoms with Crippen molar-refractivity contribution < 1.29 is 4.79 Å². The Morgan fingerprint density at radius 3 is 3.00 bits per heavy atom. The van der Waals surface area contributed by atoms with Crippen molar-refractivity contribution in [2.24, 2.45) is 11.3 Å². The number of nitrogens with two attached hydrogens (primary N) is 1. The van der Waals surface area contributed by atoms with Gasteiger partial charge in [-0.2, -0.15) is 0 Å². The molecule has 0 bridgehead atoms. The van der Waals surface area contributed by atoms with Gasteiger partial charge in [-0.15, -0.1) is 0 Å². The zero-order valence-electron chi connectivity index (χ0n) is 10.9. The van der Waals surface area contributed by atoms with Crippen LogP contribution < -0.4 is 11.3 Å². The summed E-state index contributed by atoms with van der Waals surface area (Å²) in [5.41, 5.74) is 2.79. The van der Waals surface area contributed by atoms with E-state index in [1.807, 2.05) is 4.90 Å². The van der Waals surface area contributed by atoms with Gasteiger partial charge in [0.25, 0.3) is 0 Å². The van der Waals surface area contributed by atoms with Gasteiger partial charge in [0.05, 0.1) is 6.54 Å². The summed E-state index contributed by atoms with van der Waals surface area (Å²) >= 11 is 1.49. The first-order valence-electron chi connectivity index (χ1n) is 6.19. The van der Waals surface area contributed by atoms with Crippen LogP contribution in [0.4, 0.5) is 5.13 Å². The van der Waals surface area contributed by atoms with Gasteiger partial charge >= 0.3 is 0 Å². The number of likely N-dealkylation sites (tertiary alicyclic amines) is 1. The molecule has 0 saturated carbocycles. The highest BCUT2D eigenvalue weighted by Crippen LogP contribution is 2.31. The van der Waals surface area contributed by atoms with Crippen LogP contribution in [0.5, 0.6) is 0 Å². The maximum atomic E-state index is 12.1. The number of carbonyl (C=O) groups is 1. The first-order valence-corrected chi connectivity index (χ1v) is 7.01. The minimum atomic E-state index is 0.247. The molecule has 0 aliphatic carbocycles. The second-order valence-electron chi connectivity index (χ2n) is 5.51. The predicted molar refractivity (Wildman–Crippen MR) is 73.0 cm³/mol. The van der Waals surface area contributed by atoms with Crippen molar-refractivity contribution in [3.8, 4) is 0 Å². The van der Waals surface area contributed by atoms with Gasteiger partial charge in [-0.05, 0) is 18.3 Å². The van der Waals surface area contributed by atoms with Gasteiger partial charge in [0.2, 0.25) is 5.91 Å². The molecule has 6 heteroatoms. The minimum absolute atomic E-state index is 0.247. The Morgan fingerprint density at radius 1 is 1.56 bits per heavy atom. The van der Waals surface area contributed by atoms with Gasteiger partial charge < -0.3 is 4.90 Å². The van der Waals surface area contributed by atoms with E-state index >= 15 is 0 Å². The van der Waals surface area contributed by atoms with Gasteiger partial charge in [0.15, 0.2) is 5.13 Å². The zero-order valence-corrected chi connectivity index (χ0v) is 11.7. The fraction of sp³-hybridized carbons (Fsp3) is 0.667. The van der Waals surface area contributed by atoms with Crippen LogP contribution in [-0.2, 0) is 11.3 Å². The van der Waals surface area contributed by atoms with E-state index in [4.69, 9.17) is 5.84 Å². The van der Waals surface area contributed by atoms with E-state index in [2.05, 4.69) is 24.3 Å². The lowest BCUT2D eigenvalue weighted by Gasteiger charge is -2.22. The standard InChI is InChI=1S/C12H20N4OS/c1-12(2)4-3-10(17)16(6-5-12)8-9-7-14-11(15-13)18-9/h7H,3-6,8,13H2,1-2H3,(H,14,15). The molecule has 0 spiro atoms. The molecule has 2 rings (SSSR count). The van der Waals surface area contributed by atoms with E-state index in [0.717, 1.165) is 24.3 Å². The lowest BCUT2D eigenvalue weighted by atomic mass is 9.85. The van der Waals surface area contributed by atoms with Crippen LogP contribution >= 0.6 is 11.3 Å². The van der Waals surface area contributed by atoms with E-state index in [9.17, 15) is 4.79 Å². The van der Waals surface area contributed by atoms with Gasteiger partial charge in [-0.3, -0.25) is 10.2 Å². The Balaban J connectivity index is 2.01. The Bertz CT molecular complexity index is 429. The van der Waals surface area contributed by atoms with Crippen LogP contribution in [0.3, 0.4) is 0 Å². The highest BCUT2D eigenvalue weighted by molar-refractivity contribution is 7.15. The van der Waals surface area contributed by atoms with Crippen molar-refractivity contribution in [1.29, 1.82) is 0 Å². The molecule has 1 aliphatic heterocycles. The SMILES string of the molecule is CC1(C)CCC(=O)N(Cc2cnc(NN)s2)CC1. The van der Waals surface area contributed by atoms with Crippen LogP contribution in [0.2, 0.25) is 0 Å². The molecule has 1 aliphatic rings. The first-order chi connectivity index (χ1) is 8.50. The monoisotopic (exact) mass is 268 g/mol. The molecule has 1 fully saturated rings. The maximum absolute atomic E-state index is 12.1. The Kier molecular flexibility index (Phi) is 3.87. The summed E-state index contributed by atoms with van der Waals surface area (Å²) in [6.07, 6.45) is 4.46. The van der Waals surface area contributed by atoms with Gasteiger partial charge in [0, 0.05) is 24.0 Å². The second kappa shape index (κ2) is 5.24. The minimum Gasteiger partial charge on any atom is -0.337 e. The molecule has 1 amide bonds. The van der Waals surface area contributed by atoms with E-state index < -0.39 is 0 Å². The highest BCUT2D eigenvalue weighted by Gasteiger charge is 2.27. The molecule has 5 nitrogen and oxygen atoms in total. The van der Waals surface area contributed by atoms with Gasteiger partial charge in [-0.1, -0.05) is 25.2 Å². The van der Waals surface area contributed by atoms with Crippen molar-refractivity contribution in [2.45, 2.75) is 39.7 Å². The number of thiazole rings is 1. The number of hydrazine groups is 1. The second-order valence-corrected chi connectivity index (χ2v) is 6.62. The number of nitrogens with one attached hydrogen (secondary N) is 1. The third-order valence-corrected chi connectivity index (χ3v) is 4.36. The fourth-order valence-corrected chi connectivity index (χ4v) is 2.83. The summed E-state index contributed by atoms with van der Waals surface area (Å²) < 4.78 is 0. The molecule has 0 radical (unpaired) electrons. The quantitative estimate of drug-likeness (QED) is 0.649. The highest BCUT2D eigenvalue weighted by atomic mass is 32.1. The van der Waals surface area contributed by atoms with E-state index in [-0.39, 0.29) is 11.3 Å². The Morgan fingerprint density at radius 2 is 2.33 bits per heavy atom. The van der Waals surface area contributed by atoms with Gasteiger partial charge in [0.1, 0.15) is 0 Å². The average molecular weight is 268 g/mol. The number of hydrogen-bond acceptors (Lipinski definition) is 5. The number of aromatic nitrogens is 1. The fourth-order valence-electron chi connectivity index (χ4n) is 2.09. The summed E-state index contributed by atoms with van der Waals surface area (Å²) in [4.78, 5) is 19.2. The molecule has 0 atom stereocenters. The third-order valence-electron chi connectivity index (χ3n) is 3.45. The molecule has 100 valence electrons. The van der Waals surface area contributed by atoms with Crippen molar-refractivity contribution in [1.82, 2.24) is 9.88 Å². The molecule has 1 aromatic heterocycles. The first kappa shape index (κ1) is 13.3. The summed E-state index contributed by atoms with van der Waals surface area (Å²) in [5.74, 6) is 5.55. The van der Waals surface area contributed by atoms with Crippen molar-refractivity contribution in [2.75, 3.05) is 12.0 Å². The molecule has 0 aromatic carbocycles. The number of nitrogen functional groups attached to an aromatic ring is 1. The molecule has 1 saturated heterocycles. The number of carbonyl (C=O) groups excluding carboxylic acids is 1. The van der Waals surface area contributed by atoms with E-state index in [0.29, 0.717) is 18.1 Å². The number of rotatable bonds is 3. The van der Waals surface area contributed by atoms with Gasteiger partial charge in [-0.25, -0.2) is 10.8 Å². The molecule has 2 heterocycles. The predicted octanol–water partition coefficient (Wildman–Crippen LogP) is 1.97. The summed E-state index contributed by atoms with van der Waals surface area (Å²) in [7, 11) is 0. The number of anilines is 1. The number of nitrogens with zero attached hydrogens (tertiary/aromatic N) is 2. The van der Waals surface area contributed by atoms with E-state index in [1.165, 1.54) is 11.3 Å². The molecule has 18 heavy (non-hydrogen) atoms. The normalized spacial score (nSPS) is 19.7. The van der Waals surface area contributed by atoms with Crippen LogP contribution in [0.25, 0.3) is 0 Å². The summed E-state index contributed by atoms with van der Waals surface area (Å²) in [6, 6.07) is 0. The summed E-state index contributed by atoms with van der Waals surface area (Å²) in [6.45, 7) is 5.93. The molecular weight excluding hydrogens is 248 g/mol. The number of hydrogen-bond donors (Lipinski definition) is 2. The van der Waals surface area contributed by atoms with Crippen molar-refractivity contribution in [3.05, 3.63) is 11.1 Å². The molecule has 0 unspecified atom stereocenters. The van der Waals surface area contributed by atoms with Crippen molar-refractivity contribution >= 4 is 22.4 Å². The zero-order chi connectivity index (χ0) is 13.2. The molecule has 3 N–H and O–H groups in total. The van der Waals surface area contributed by atoms with Crippen LogP contribution in [-0.4, -0.2) is 22.3 Å². The lowest BCUT2D eigenvalue weighted by Crippen LogP contribution is -2.29. The van der Waals surface area contributed by atoms with Crippen LogP contribution in [0.15, 0.2) is 6.20 Å². The summed E-state index contributed by atoms with van der Waals surface area (Å²) in [5, 5.41) is 0.688. The number of amides is 1. The molecular formula is C12H20N4OS. The third kappa shape index (κ3) is 3.20. The molecule has 1 aromatic rings. The van der Waals surface area contributed by atoms with Crippen LogP contribution in [0.1, 0.15) is 38.0 Å². The Labute approximate surface area is 111 Å². The smallest absolute Gasteiger partial charge is 0.222 e. The maximum Gasteiger partial charge on any atom is 0.222 e. The van der Waals surface area contributed by atoms with E-state index in [1.54, 1.807) is 6.20 Å². The topological polar surface area (TPSA) is 71.2 Å².